The summed E-state index contributed by atoms with van der Waals surface area (Å²) in [5, 5.41) is 40.2. The van der Waals surface area contributed by atoms with E-state index in [1.54, 1.807) is 13.8 Å². The Bertz CT molecular complexity index is 1620. The van der Waals surface area contributed by atoms with Gasteiger partial charge >= 0.3 is 23.9 Å². The molecular formula is C40H48N6O8. The number of likely N-dealkylation sites (tertiary alicyclic amines) is 2. The summed E-state index contributed by atoms with van der Waals surface area (Å²) in [7, 11) is 0. The number of rotatable bonds is 15. The molecule has 2 unspecified atom stereocenters. The van der Waals surface area contributed by atoms with Crippen molar-refractivity contribution in [3.63, 3.8) is 0 Å². The molecule has 2 heterocycles. The van der Waals surface area contributed by atoms with Crippen LogP contribution in [0, 0.1) is 57.2 Å². The molecule has 0 aromatic heterocycles. The lowest BCUT2D eigenvalue weighted by atomic mass is 9.81. The summed E-state index contributed by atoms with van der Waals surface area (Å²) in [6, 6.07) is 8.20. The van der Waals surface area contributed by atoms with E-state index < -0.39 is 35.7 Å². The highest BCUT2D eigenvalue weighted by Gasteiger charge is 2.38. The van der Waals surface area contributed by atoms with Gasteiger partial charge in [-0.3, -0.25) is 9.59 Å². The molecule has 0 spiro atoms. The minimum atomic E-state index is -0.858. The number of nitrogens with zero attached hydrogens (tertiary/aromatic N) is 6. The second-order valence-electron chi connectivity index (χ2n) is 13.6. The monoisotopic (exact) mass is 740 g/mol. The van der Waals surface area contributed by atoms with Gasteiger partial charge in [0.1, 0.15) is 35.4 Å². The van der Waals surface area contributed by atoms with Crippen molar-refractivity contribution in [2.75, 3.05) is 52.6 Å². The molecule has 2 saturated heterocycles. The molecule has 0 aromatic rings. The third-order valence-electron chi connectivity index (χ3n) is 10.1. The molecule has 2 atom stereocenters. The van der Waals surface area contributed by atoms with Gasteiger partial charge in [-0.05, 0) is 89.2 Å². The first-order valence-electron chi connectivity index (χ1n) is 18.9. The number of hydrogen-bond acceptors (Lipinski definition) is 14. The zero-order valence-corrected chi connectivity index (χ0v) is 31.2. The molecule has 0 N–H and O–H groups in total. The lowest BCUT2D eigenvalue weighted by Gasteiger charge is -2.31. The summed E-state index contributed by atoms with van der Waals surface area (Å²) < 4.78 is 21.4. The number of ether oxygens (including phenoxy) is 4. The number of esters is 4. The first kappa shape index (κ1) is 41.2. The third kappa shape index (κ3) is 10.1. The smallest absolute Gasteiger partial charge is 0.349 e. The molecule has 2 aliphatic heterocycles. The Morgan fingerprint density at radius 2 is 0.944 bits per heavy atom. The molecule has 54 heavy (non-hydrogen) atoms. The molecule has 14 nitrogen and oxygen atoms in total. The summed E-state index contributed by atoms with van der Waals surface area (Å²) in [6.07, 6.45) is 6.55. The van der Waals surface area contributed by atoms with E-state index in [0.717, 1.165) is 51.9 Å². The second kappa shape index (κ2) is 20.6. The van der Waals surface area contributed by atoms with Gasteiger partial charge in [-0.1, -0.05) is 0 Å². The fourth-order valence-corrected chi connectivity index (χ4v) is 7.49. The predicted octanol–water partition coefficient (Wildman–Crippen LogP) is 4.97. The van der Waals surface area contributed by atoms with E-state index in [0.29, 0.717) is 49.9 Å². The number of carbonyl (C=O) groups is 4. The van der Waals surface area contributed by atoms with E-state index in [1.807, 2.05) is 21.9 Å². The zero-order valence-electron chi connectivity index (χ0n) is 31.2. The quantitative estimate of drug-likeness (QED) is 0.0715. The van der Waals surface area contributed by atoms with Crippen molar-refractivity contribution in [3.05, 3.63) is 44.8 Å². The Balaban J connectivity index is 1.33. The van der Waals surface area contributed by atoms with Crippen LogP contribution >= 0.6 is 0 Å². The van der Waals surface area contributed by atoms with Crippen molar-refractivity contribution < 1.29 is 38.1 Å². The van der Waals surface area contributed by atoms with Crippen LogP contribution in [-0.2, 0) is 38.1 Å². The van der Waals surface area contributed by atoms with Gasteiger partial charge in [-0.25, -0.2) is 9.59 Å². The van der Waals surface area contributed by atoms with Crippen molar-refractivity contribution >= 4 is 23.9 Å². The number of nitriles is 4. The number of unbranched alkanes of at least 4 members (excludes halogenated alkanes) is 3. The highest BCUT2D eigenvalue weighted by molar-refractivity contribution is 5.96. The molecule has 4 aliphatic rings. The van der Waals surface area contributed by atoms with Gasteiger partial charge in [0.15, 0.2) is 0 Å². The maximum atomic E-state index is 13.1. The fourth-order valence-electron chi connectivity index (χ4n) is 7.49. The van der Waals surface area contributed by atoms with Gasteiger partial charge in [0, 0.05) is 50.4 Å². The van der Waals surface area contributed by atoms with Crippen LogP contribution in [0.3, 0.4) is 0 Å². The lowest BCUT2D eigenvalue weighted by Crippen LogP contribution is -2.31. The molecule has 0 radical (unpaired) electrons. The van der Waals surface area contributed by atoms with Gasteiger partial charge in [0.2, 0.25) is 0 Å². The van der Waals surface area contributed by atoms with Crippen LogP contribution in [-0.4, -0.2) is 86.3 Å². The van der Waals surface area contributed by atoms with Crippen molar-refractivity contribution in [1.82, 2.24) is 9.80 Å². The van der Waals surface area contributed by atoms with Gasteiger partial charge in [-0.2, -0.15) is 21.0 Å². The van der Waals surface area contributed by atoms with Crippen molar-refractivity contribution in [3.8, 4) is 24.3 Å². The van der Waals surface area contributed by atoms with Crippen molar-refractivity contribution in [2.24, 2.45) is 11.8 Å². The van der Waals surface area contributed by atoms with E-state index in [2.05, 4.69) is 12.1 Å². The van der Waals surface area contributed by atoms with Gasteiger partial charge in [0.25, 0.3) is 0 Å². The number of carbonyl (C=O) groups excluding carboxylic acids is 4. The zero-order chi connectivity index (χ0) is 39.0. The van der Waals surface area contributed by atoms with E-state index in [1.165, 1.54) is 0 Å². The minimum absolute atomic E-state index is 0.0118. The van der Waals surface area contributed by atoms with Crippen LogP contribution in [0.5, 0.6) is 0 Å². The average molecular weight is 741 g/mol. The molecule has 0 amide bonds. The highest BCUT2D eigenvalue weighted by Crippen LogP contribution is 2.40. The Labute approximate surface area is 316 Å². The van der Waals surface area contributed by atoms with Gasteiger partial charge in [-0.15, -0.1) is 0 Å². The van der Waals surface area contributed by atoms with Crippen LogP contribution in [0.1, 0.15) is 90.9 Å². The van der Waals surface area contributed by atoms with Crippen molar-refractivity contribution in [1.29, 1.82) is 21.0 Å². The predicted molar refractivity (Wildman–Crippen MR) is 191 cm³/mol. The Hall–Kier alpha value is -5.60. The van der Waals surface area contributed by atoms with Crippen molar-refractivity contribution in [2.45, 2.75) is 90.9 Å². The molecule has 2 aliphatic carbocycles. The van der Waals surface area contributed by atoms with E-state index >= 15 is 0 Å². The topological polar surface area (TPSA) is 207 Å². The van der Waals surface area contributed by atoms with Gasteiger partial charge in [0.05, 0.1) is 49.4 Å². The molecule has 2 fully saturated rings. The summed E-state index contributed by atoms with van der Waals surface area (Å²) in [5.74, 6) is -3.84. The van der Waals surface area contributed by atoms with E-state index in [-0.39, 0.29) is 72.7 Å². The van der Waals surface area contributed by atoms with Crippen LogP contribution in [0.2, 0.25) is 0 Å². The summed E-state index contributed by atoms with van der Waals surface area (Å²) in [6.45, 7) is 6.72. The van der Waals surface area contributed by atoms with E-state index in [4.69, 9.17) is 18.9 Å². The molecule has 14 heteroatoms. The normalized spacial score (nSPS) is 21.7. The van der Waals surface area contributed by atoms with Crippen LogP contribution < -0.4 is 0 Å². The molecular weight excluding hydrogens is 692 g/mol. The molecule has 4 rings (SSSR count). The van der Waals surface area contributed by atoms with Crippen LogP contribution in [0.25, 0.3) is 0 Å². The van der Waals surface area contributed by atoms with Gasteiger partial charge < -0.3 is 28.7 Å². The number of allylic oxidation sites excluding steroid dienone is 6. The number of hydrogen-bond donors (Lipinski definition) is 0. The Morgan fingerprint density at radius 3 is 1.26 bits per heavy atom. The second-order valence-corrected chi connectivity index (χ2v) is 13.6. The molecule has 0 saturated carbocycles. The Kier molecular flexibility index (Phi) is 15.7. The highest BCUT2D eigenvalue weighted by atomic mass is 16.5. The first-order chi connectivity index (χ1) is 26.2. The largest absolute Gasteiger partial charge is 0.466 e. The fraction of sp³-hybridized carbons (Fsp3) is 0.600. The molecule has 0 bridgehead atoms. The average Bonchev–Trinajstić information content (AvgIpc) is 3.92. The lowest BCUT2D eigenvalue weighted by molar-refractivity contribution is -0.149. The summed E-state index contributed by atoms with van der Waals surface area (Å²) >= 11 is 0. The van der Waals surface area contributed by atoms with E-state index in [9.17, 15) is 40.2 Å². The first-order valence-corrected chi connectivity index (χ1v) is 18.9. The van der Waals surface area contributed by atoms with Crippen LogP contribution in [0.15, 0.2) is 44.8 Å². The Morgan fingerprint density at radius 1 is 0.574 bits per heavy atom. The molecule has 286 valence electrons. The third-order valence-corrected chi connectivity index (χ3v) is 10.1. The van der Waals surface area contributed by atoms with Crippen LogP contribution in [0.4, 0.5) is 0 Å². The SMILES string of the molecule is CCOC(=O)C1CC(N2CCCC2)=C(C#N)/C(=C(\C#N)C(=O)OCCCCCCOC(=O)/C(C#N)=C2\CC(C(=O)OCC)CC(N3CCCC3)=C2C#N)C1. The molecule has 0 aromatic carbocycles. The minimum Gasteiger partial charge on any atom is -0.466 e. The summed E-state index contributed by atoms with van der Waals surface area (Å²) in [5.41, 5.74) is 1.62. The standard InChI is InChI=1S/C40H48N6O8/c1-3-51-37(47)27-19-29(31(23-41)35(21-27)45-13-7-8-14-45)33(25-43)39(49)53-17-11-5-6-12-18-54-40(50)34(26-44)30-20-28(38(48)52-4-2)22-36(32(30)24-42)46-15-9-10-16-46/h27-28H,3-22H2,1-2H3/b33-29+,34-30+. The summed E-state index contributed by atoms with van der Waals surface area (Å²) in [4.78, 5) is 55.8. The maximum absolute atomic E-state index is 13.1. The maximum Gasteiger partial charge on any atom is 0.349 e.